The molecule has 0 spiro atoms. The number of aromatic nitrogens is 1. The molecule has 1 unspecified atom stereocenters. The molecular weight excluding hydrogens is 404 g/mol. The number of nitriles is 1. The van der Waals surface area contributed by atoms with Crippen LogP contribution in [0.4, 0.5) is 0 Å². The summed E-state index contributed by atoms with van der Waals surface area (Å²) in [6.45, 7) is 0. The largest absolute Gasteiger partial charge is 0.457 e. The Morgan fingerprint density at radius 1 is 1.06 bits per heavy atom. The number of aryl methyl sites for hydroxylation is 1. The second kappa shape index (κ2) is 9.31. The van der Waals surface area contributed by atoms with E-state index in [0.717, 1.165) is 18.4 Å². The van der Waals surface area contributed by atoms with Gasteiger partial charge in [-0.25, -0.2) is 0 Å². The lowest BCUT2D eigenvalue weighted by Gasteiger charge is -2.26. The molecule has 1 atom stereocenters. The molecule has 7 heteroatoms. The summed E-state index contributed by atoms with van der Waals surface area (Å²) < 4.78 is 5.95. The van der Waals surface area contributed by atoms with E-state index in [9.17, 15) is 9.59 Å². The van der Waals surface area contributed by atoms with E-state index in [2.05, 4.69) is 21.7 Å². The molecule has 32 heavy (non-hydrogen) atoms. The molecule has 3 aromatic rings. The van der Waals surface area contributed by atoms with Crippen molar-refractivity contribution in [1.29, 1.82) is 5.26 Å². The van der Waals surface area contributed by atoms with Crippen molar-refractivity contribution in [3.63, 3.8) is 0 Å². The SMILES string of the molecule is CNC(=O)c1cc(Oc2ccc3c(c2)CC(NC(=O)c2cccc(C#N)c2)CC3)ccn1. The molecule has 160 valence electrons. The number of nitrogens with one attached hydrogen (secondary N) is 2. The number of rotatable bonds is 5. The number of benzene rings is 2. The molecule has 4 rings (SSSR count). The minimum absolute atomic E-state index is 0.00299. The molecule has 0 saturated heterocycles. The van der Waals surface area contributed by atoms with Crippen LogP contribution in [0.15, 0.2) is 60.8 Å². The van der Waals surface area contributed by atoms with Crippen LogP contribution in [-0.4, -0.2) is 29.9 Å². The van der Waals surface area contributed by atoms with E-state index in [4.69, 9.17) is 10.00 Å². The molecule has 1 aliphatic rings. The van der Waals surface area contributed by atoms with Gasteiger partial charge in [-0.05, 0) is 66.8 Å². The fraction of sp³-hybridized carbons (Fsp3) is 0.200. The molecule has 2 amide bonds. The summed E-state index contributed by atoms with van der Waals surface area (Å²) in [5, 5.41) is 14.7. The number of ether oxygens (including phenoxy) is 1. The molecule has 1 aliphatic carbocycles. The van der Waals surface area contributed by atoms with Gasteiger partial charge in [-0.3, -0.25) is 14.6 Å². The van der Waals surface area contributed by atoms with Crippen LogP contribution >= 0.6 is 0 Å². The highest BCUT2D eigenvalue weighted by molar-refractivity contribution is 5.94. The van der Waals surface area contributed by atoms with Crippen LogP contribution in [-0.2, 0) is 12.8 Å². The third-order valence-electron chi connectivity index (χ3n) is 5.42. The van der Waals surface area contributed by atoms with E-state index in [0.29, 0.717) is 29.0 Å². The Balaban J connectivity index is 1.45. The first-order valence-electron chi connectivity index (χ1n) is 10.3. The maximum atomic E-state index is 12.6. The van der Waals surface area contributed by atoms with Crippen molar-refractivity contribution in [3.8, 4) is 17.6 Å². The number of hydrogen-bond acceptors (Lipinski definition) is 5. The number of nitrogens with zero attached hydrogens (tertiary/aromatic N) is 2. The molecule has 0 fully saturated rings. The Morgan fingerprint density at radius 2 is 1.91 bits per heavy atom. The summed E-state index contributed by atoms with van der Waals surface area (Å²) in [6, 6.07) is 18.0. The normalized spacial score (nSPS) is 14.6. The van der Waals surface area contributed by atoms with Gasteiger partial charge in [0.15, 0.2) is 0 Å². The maximum absolute atomic E-state index is 12.6. The average Bonchev–Trinajstić information content (AvgIpc) is 2.83. The topological polar surface area (TPSA) is 104 Å². The predicted octanol–water partition coefficient (Wildman–Crippen LogP) is 3.39. The van der Waals surface area contributed by atoms with Crippen molar-refractivity contribution in [1.82, 2.24) is 15.6 Å². The summed E-state index contributed by atoms with van der Waals surface area (Å²) in [5.41, 5.74) is 3.58. The van der Waals surface area contributed by atoms with Gasteiger partial charge in [0, 0.05) is 30.9 Å². The lowest BCUT2D eigenvalue weighted by molar-refractivity contribution is 0.0931. The predicted molar refractivity (Wildman–Crippen MR) is 119 cm³/mol. The fourth-order valence-corrected chi connectivity index (χ4v) is 3.78. The lowest BCUT2D eigenvalue weighted by Crippen LogP contribution is -2.38. The summed E-state index contributed by atoms with van der Waals surface area (Å²) in [7, 11) is 1.55. The quantitative estimate of drug-likeness (QED) is 0.651. The Morgan fingerprint density at radius 3 is 2.72 bits per heavy atom. The summed E-state index contributed by atoms with van der Waals surface area (Å²) in [6.07, 6.45) is 3.92. The highest BCUT2D eigenvalue weighted by Crippen LogP contribution is 2.29. The molecule has 7 nitrogen and oxygen atoms in total. The maximum Gasteiger partial charge on any atom is 0.269 e. The van der Waals surface area contributed by atoms with Gasteiger partial charge in [-0.2, -0.15) is 5.26 Å². The highest BCUT2D eigenvalue weighted by atomic mass is 16.5. The lowest BCUT2D eigenvalue weighted by atomic mass is 9.88. The van der Waals surface area contributed by atoms with Crippen molar-refractivity contribution in [2.45, 2.75) is 25.3 Å². The van der Waals surface area contributed by atoms with E-state index < -0.39 is 0 Å². The third-order valence-corrected chi connectivity index (χ3v) is 5.42. The average molecular weight is 426 g/mol. The number of pyridine rings is 1. The van der Waals surface area contributed by atoms with E-state index in [-0.39, 0.29) is 23.6 Å². The van der Waals surface area contributed by atoms with Gasteiger partial charge in [0.2, 0.25) is 0 Å². The molecule has 1 aromatic heterocycles. The van der Waals surface area contributed by atoms with Crippen LogP contribution in [0.1, 0.15) is 44.0 Å². The molecule has 0 radical (unpaired) electrons. The van der Waals surface area contributed by atoms with Crippen molar-refractivity contribution in [3.05, 3.63) is 88.7 Å². The van der Waals surface area contributed by atoms with Crippen LogP contribution in [0, 0.1) is 11.3 Å². The zero-order valence-corrected chi connectivity index (χ0v) is 17.6. The summed E-state index contributed by atoms with van der Waals surface area (Å²) in [4.78, 5) is 28.5. The Bertz CT molecular complexity index is 1220. The monoisotopic (exact) mass is 426 g/mol. The molecular formula is C25H22N4O3. The Kier molecular flexibility index (Phi) is 6.13. The summed E-state index contributed by atoms with van der Waals surface area (Å²) >= 11 is 0. The van der Waals surface area contributed by atoms with Gasteiger partial charge >= 0.3 is 0 Å². The molecule has 0 saturated carbocycles. The van der Waals surface area contributed by atoms with Crippen LogP contribution in [0.5, 0.6) is 11.5 Å². The highest BCUT2D eigenvalue weighted by Gasteiger charge is 2.21. The van der Waals surface area contributed by atoms with Crippen molar-refractivity contribution in [2.75, 3.05) is 7.05 Å². The van der Waals surface area contributed by atoms with Gasteiger partial charge in [0.25, 0.3) is 11.8 Å². The first kappa shape index (κ1) is 21.1. The van der Waals surface area contributed by atoms with Crippen molar-refractivity contribution >= 4 is 11.8 Å². The van der Waals surface area contributed by atoms with Gasteiger partial charge in [-0.1, -0.05) is 12.1 Å². The number of hydrogen-bond donors (Lipinski definition) is 2. The number of fused-ring (bicyclic) bond motifs is 1. The molecule has 0 aliphatic heterocycles. The second-order valence-corrected chi connectivity index (χ2v) is 7.59. The standard InChI is InChI=1S/C25H22N4O3/c1-27-25(31)23-14-22(9-10-28-23)32-21-8-6-17-5-7-20(12-19(17)13-21)29-24(30)18-4-2-3-16(11-18)15-26/h2-4,6,8-11,13-14,20H,5,7,12H2,1H3,(H,27,31)(H,29,30). The van der Waals surface area contributed by atoms with Crippen LogP contribution in [0.2, 0.25) is 0 Å². The zero-order valence-electron chi connectivity index (χ0n) is 17.6. The second-order valence-electron chi connectivity index (χ2n) is 7.59. The fourth-order valence-electron chi connectivity index (χ4n) is 3.78. The third kappa shape index (κ3) is 4.76. The van der Waals surface area contributed by atoms with Crippen molar-refractivity contribution in [2.24, 2.45) is 0 Å². The minimum Gasteiger partial charge on any atom is -0.457 e. The summed E-state index contributed by atoms with van der Waals surface area (Å²) in [5.74, 6) is 0.726. The van der Waals surface area contributed by atoms with E-state index >= 15 is 0 Å². The Labute approximate surface area is 186 Å². The number of carbonyl (C=O) groups is 2. The van der Waals surface area contributed by atoms with E-state index in [1.54, 1.807) is 43.4 Å². The first-order chi connectivity index (χ1) is 15.6. The van der Waals surface area contributed by atoms with Crippen LogP contribution in [0.25, 0.3) is 0 Å². The molecule has 1 heterocycles. The smallest absolute Gasteiger partial charge is 0.269 e. The Hall–Kier alpha value is -4.18. The van der Waals surface area contributed by atoms with Crippen LogP contribution in [0.3, 0.4) is 0 Å². The molecule has 2 aromatic carbocycles. The van der Waals surface area contributed by atoms with Crippen LogP contribution < -0.4 is 15.4 Å². The van der Waals surface area contributed by atoms with Crippen molar-refractivity contribution < 1.29 is 14.3 Å². The minimum atomic E-state index is -0.278. The number of carbonyl (C=O) groups excluding carboxylic acids is 2. The number of amides is 2. The van der Waals surface area contributed by atoms with Gasteiger partial charge in [-0.15, -0.1) is 0 Å². The van der Waals surface area contributed by atoms with E-state index in [1.165, 1.54) is 11.8 Å². The van der Waals surface area contributed by atoms with E-state index in [1.807, 2.05) is 18.2 Å². The molecule has 2 N–H and O–H groups in total. The van der Waals surface area contributed by atoms with Gasteiger partial charge in [0.1, 0.15) is 17.2 Å². The molecule has 0 bridgehead atoms. The first-order valence-corrected chi connectivity index (χ1v) is 10.3. The van der Waals surface area contributed by atoms with Gasteiger partial charge in [0.05, 0.1) is 11.6 Å². The van der Waals surface area contributed by atoms with Gasteiger partial charge < -0.3 is 15.4 Å². The zero-order chi connectivity index (χ0) is 22.5.